The van der Waals surface area contributed by atoms with Gasteiger partial charge in [-0.3, -0.25) is 0 Å². The molecule has 3 nitrogen and oxygen atoms in total. The van der Waals surface area contributed by atoms with Crippen molar-refractivity contribution in [3.8, 4) is 11.8 Å². The Bertz CT molecular complexity index is 573. The molecule has 0 atom stereocenters. The molecule has 0 spiro atoms. The van der Waals surface area contributed by atoms with Gasteiger partial charge in [-0.25, -0.2) is 4.98 Å². The molecule has 0 fully saturated rings. The van der Waals surface area contributed by atoms with Gasteiger partial charge in [-0.2, -0.15) is 5.26 Å². The summed E-state index contributed by atoms with van der Waals surface area (Å²) in [5.74, 6) is 0. The minimum Gasteiger partial charge on any atom is -0.306 e. The molecule has 3 heteroatoms. The Hall–Kier alpha value is -2.34. The van der Waals surface area contributed by atoms with Crippen molar-refractivity contribution in [2.24, 2.45) is 0 Å². The number of rotatable bonds is 2. The summed E-state index contributed by atoms with van der Waals surface area (Å²) < 4.78 is 1.91. The van der Waals surface area contributed by atoms with Gasteiger partial charge in [-0.05, 0) is 36.8 Å². The zero-order valence-electron chi connectivity index (χ0n) is 9.01. The molecule has 0 saturated heterocycles. The summed E-state index contributed by atoms with van der Waals surface area (Å²) in [4.78, 5) is 4.16. The molecule has 2 aromatic rings. The second-order valence-electron chi connectivity index (χ2n) is 3.52. The molecule has 0 amide bonds. The molecule has 2 rings (SSSR count). The summed E-state index contributed by atoms with van der Waals surface area (Å²) in [5, 5.41) is 8.84. The molecular weight excluding hydrogens is 198 g/mol. The van der Waals surface area contributed by atoms with Crippen LogP contribution in [-0.4, -0.2) is 9.55 Å². The molecule has 1 aromatic heterocycles. The third-order valence-corrected chi connectivity index (χ3v) is 2.44. The highest BCUT2D eigenvalue weighted by molar-refractivity contribution is 5.47. The number of aryl methyl sites for hydroxylation is 1. The van der Waals surface area contributed by atoms with Crippen LogP contribution in [0.5, 0.6) is 0 Å². The number of nitrogens with zero attached hydrogens (tertiary/aromatic N) is 3. The molecule has 0 unspecified atom stereocenters. The standard InChI is InChI=1S/C13H11N3/c1-3-12-8-16(9-15-12)13-5-4-11(7-14)10(2)6-13/h3-6,8-9H,1H2,2H3. The lowest BCUT2D eigenvalue weighted by molar-refractivity contribution is 1.05. The van der Waals surface area contributed by atoms with Crippen molar-refractivity contribution in [1.29, 1.82) is 5.26 Å². The smallest absolute Gasteiger partial charge is 0.0999 e. The summed E-state index contributed by atoms with van der Waals surface area (Å²) >= 11 is 0. The maximum absolute atomic E-state index is 8.84. The van der Waals surface area contributed by atoms with Gasteiger partial charge in [0.25, 0.3) is 0 Å². The van der Waals surface area contributed by atoms with Crippen LogP contribution in [0.15, 0.2) is 37.3 Å². The van der Waals surface area contributed by atoms with Crippen molar-refractivity contribution in [3.63, 3.8) is 0 Å². The molecule has 1 aromatic carbocycles. The molecular formula is C13H11N3. The van der Waals surface area contributed by atoms with Gasteiger partial charge in [0.05, 0.1) is 23.7 Å². The Labute approximate surface area is 94.3 Å². The van der Waals surface area contributed by atoms with E-state index in [0.717, 1.165) is 16.9 Å². The first-order chi connectivity index (χ1) is 7.74. The summed E-state index contributed by atoms with van der Waals surface area (Å²) in [6.07, 6.45) is 5.33. The lowest BCUT2D eigenvalue weighted by atomic mass is 10.1. The fourth-order valence-electron chi connectivity index (χ4n) is 1.52. The SMILES string of the molecule is C=Cc1cn(-c2ccc(C#N)c(C)c2)cn1. The van der Waals surface area contributed by atoms with E-state index in [1.807, 2.05) is 35.9 Å². The topological polar surface area (TPSA) is 41.6 Å². The number of nitriles is 1. The van der Waals surface area contributed by atoms with Crippen molar-refractivity contribution in [2.75, 3.05) is 0 Å². The zero-order valence-corrected chi connectivity index (χ0v) is 9.01. The zero-order chi connectivity index (χ0) is 11.5. The molecule has 0 bridgehead atoms. The van der Waals surface area contributed by atoms with Gasteiger partial charge in [0.15, 0.2) is 0 Å². The summed E-state index contributed by atoms with van der Waals surface area (Å²) in [6.45, 7) is 5.59. The lowest BCUT2D eigenvalue weighted by Crippen LogP contribution is -1.92. The monoisotopic (exact) mass is 209 g/mol. The maximum Gasteiger partial charge on any atom is 0.0999 e. The van der Waals surface area contributed by atoms with Crippen LogP contribution in [0.1, 0.15) is 16.8 Å². The molecule has 0 aliphatic carbocycles. The second-order valence-corrected chi connectivity index (χ2v) is 3.52. The fraction of sp³-hybridized carbons (Fsp3) is 0.0769. The van der Waals surface area contributed by atoms with E-state index < -0.39 is 0 Å². The van der Waals surface area contributed by atoms with Crippen LogP contribution >= 0.6 is 0 Å². The van der Waals surface area contributed by atoms with Gasteiger partial charge in [0, 0.05) is 11.9 Å². The molecule has 1 heterocycles. The number of hydrogen-bond acceptors (Lipinski definition) is 2. The first-order valence-electron chi connectivity index (χ1n) is 4.92. The average molecular weight is 209 g/mol. The molecule has 0 radical (unpaired) electrons. The third-order valence-electron chi connectivity index (χ3n) is 2.44. The predicted molar refractivity (Wildman–Crippen MR) is 63.1 cm³/mol. The van der Waals surface area contributed by atoms with Crippen LogP contribution in [-0.2, 0) is 0 Å². The molecule has 0 N–H and O–H groups in total. The second kappa shape index (κ2) is 4.03. The van der Waals surface area contributed by atoms with Crippen LogP contribution < -0.4 is 0 Å². The van der Waals surface area contributed by atoms with Gasteiger partial charge >= 0.3 is 0 Å². The Morgan fingerprint density at radius 3 is 2.88 bits per heavy atom. The van der Waals surface area contributed by atoms with E-state index in [9.17, 15) is 0 Å². The van der Waals surface area contributed by atoms with E-state index in [-0.39, 0.29) is 0 Å². The normalized spacial score (nSPS) is 9.75. The lowest BCUT2D eigenvalue weighted by Gasteiger charge is -2.03. The highest BCUT2D eigenvalue weighted by Gasteiger charge is 2.01. The predicted octanol–water partition coefficient (Wildman–Crippen LogP) is 2.70. The first kappa shape index (κ1) is 10.2. The van der Waals surface area contributed by atoms with Gasteiger partial charge in [-0.1, -0.05) is 6.58 Å². The van der Waals surface area contributed by atoms with Crippen molar-refractivity contribution >= 4 is 6.08 Å². The van der Waals surface area contributed by atoms with E-state index in [2.05, 4.69) is 17.6 Å². The van der Waals surface area contributed by atoms with Crippen molar-refractivity contribution in [3.05, 3.63) is 54.1 Å². The van der Waals surface area contributed by atoms with Gasteiger partial charge in [0.2, 0.25) is 0 Å². The maximum atomic E-state index is 8.84. The molecule has 0 aliphatic heterocycles. The summed E-state index contributed by atoms with van der Waals surface area (Å²) in [5.41, 5.74) is 3.50. The Balaban J connectivity index is 2.45. The number of imidazole rings is 1. The number of hydrogen-bond donors (Lipinski definition) is 0. The summed E-state index contributed by atoms with van der Waals surface area (Å²) in [6, 6.07) is 7.84. The third kappa shape index (κ3) is 1.73. The van der Waals surface area contributed by atoms with Crippen LogP contribution in [0.4, 0.5) is 0 Å². The Morgan fingerprint density at radius 1 is 1.50 bits per heavy atom. The Kier molecular flexibility index (Phi) is 2.57. The highest BCUT2D eigenvalue weighted by atomic mass is 15.0. The van der Waals surface area contributed by atoms with Crippen LogP contribution in [0.25, 0.3) is 11.8 Å². The largest absolute Gasteiger partial charge is 0.306 e. The first-order valence-corrected chi connectivity index (χ1v) is 4.92. The van der Waals surface area contributed by atoms with Crippen LogP contribution in [0.2, 0.25) is 0 Å². The molecule has 0 saturated carbocycles. The molecule has 16 heavy (non-hydrogen) atoms. The van der Waals surface area contributed by atoms with Crippen LogP contribution in [0, 0.1) is 18.3 Å². The number of benzene rings is 1. The highest BCUT2D eigenvalue weighted by Crippen LogP contribution is 2.14. The number of aromatic nitrogens is 2. The quantitative estimate of drug-likeness (QED) is 0.763. The van der Waals surface area contributed by atoms with Crippen molar-refractivity contribution in [2.45, 2.75) is 6.92 Å². The van der Waals surface area contributed by atoms with E-state index in [0.29, 0.717) is 5.56 Å². The minimum absolute atomic E-state index is 0.702. The van der Waals surface area contributed by atoms with Gasteiger partial charge < -0.3 is 4.57 Å². The average Bonchev–Trinajstić information content (AvgIpc) is 2.77. The fourth-order valence-corrected chi connectivity index (χ4v) is 1.52. The Morgan fingerprint density at radius 2 is 2.31 bits per heavy atom. The van der Waals surface area contributed by atoms with Crippen molar-refractivity contribution in [1.82, 2.24) is 9.55 Å². The summed E-state index contributed by atoms with van der Waals surface area (Å²) in [7, 11) is 0. The van der Waals surface area contributed by atoms with Crippen molar-refractivity contribution < 1.29 is 0 Å². The van der Waals surface area contributed by atoms with E-state index in [1.54, 1.807) is 12.4 Å². The molecule has 0 aliphatic rings. The van der Waals surface area contributed by atoms with E-state index >= 15 is 0 Å². The molecule has 78 valence electrons. The minimum atomic E-state index is 0.702. The van der Waals surface area contributed by atoms with E-state index in [4.69, 9.17) is 5.26 Å². The van der Waals surface area contributed by atoms with Gasteiger partial charge in [-0.15, -0.1) is 0 Å². The van der Waals surface area contributed by atoms with Crippen LogP contribution in [0.3, 0.4) is 0 Å². The van der Waals surface area contributed by atoms with E-state index in [1.165, 1.54) is 0 Å². The van der Waals surface area contributed by atoms with Gasteiger partial charge in [0.1, 0.15) is 0 Å².